The van der Waals surface area contributed by atoms with E-state index in [4.69, 9.17) is 20.8 Å². The van der Waals surface area contributed by atoms with Crippen LogP contribution >= 0.6 is 11.6 Å². The molecule has 0 bridgehead atoms. The van der Waals surface area contributed by atoms with Crippen molar-refractivity contribution in [3.8, 4) is 17.1 Å². The van der Waals surface area contributed by atoms with Gasteiger partial charge in [0.2, 0.25) is 11.2 Å². The maximum atomic E-state index is 13.3. The number of nitrogens with one attached hydrogen (secondary N) is 1. The molecule has 0 fully saturated rings. The third-order valence-corrected chi connectivity index (χ3v) is 5.14. The van der Waals surface area contributed by atoms with E-state index in [1.807, 2.05) is 31.2 Å². The lowest BCUT2D eigenvalue weighted by molar-refractivity contribution is -0.122. The Bertz CT molecular complexity index is 1350. The van der Waals surface area contributed by atoms with E-state index in [-0.39, 0.29) is 16.9 Å². The van der Waals surface area contributed by atoms with Gasteiger partial charge >= 0.3 is 0 Å². The first kappa shape index (κ1) is 21.6. The van der Waals surface area contributed by atoms with Crippen LogP contribution in [0.1, 0.15) is 12.5 Å². The molecule has 162 valence electrons. The molecule has 1 N–H and O–H groups in total. The first-order valence-corrected chi connectivity index (χ1v) is 10.3. The van der Waals surface area contributed by atoms with E-state index in [0.717, 1.165) is 5.56 Å². The highest BCUT2D eigenvalue weighted by atomic mass is 35.5. The second-order valence-electron chi connectivity index (χ2n) is 7.35. The van der Waals surface area contributed by atoms with Gasteiger partial charge in [-0.05, 0) is 56.3 Å². The number of ether oxygens (including phenoxy) is 1. The molecule has 5 nitrogen and oxygen atoms in total. The van der Waals surface area contributed by atoms with Crippen LogP contribution in [0.3, 0.4) is 0 Å². The molecule has 3 aromatic carbocycles. The zero-order chi connectivity index (χ0) is 22.8. The summed E-state index contributed by atoms with van der Waals surface area (Å²) < 4.78 is 25.0. The van der Waals surface area contributed by atoms with E-state index in [0.29, 0.717) is 21.9 Å². The van der Waals surface area contributed by atoms with Gasteiger partial charge in [-0.1, -0.05) is 41.4 Å². The minimum absolute atomic E-state index is 0.0922. The van der Waals surface area contributed by atoms with Crippen molar-refractivity contribution in [2.75, 3.05) is 5.32 Å². The van der Waals surface area contributed by atoms with Crippen molar-refractivity contribution in [3.63, 3.8) is 0 Å². The van der Waals surface area contributed by atoms with E-state index in [2.05, 4.69) is 5.32 Å². The number of carbonyl (C=O) groups is 1. The molecule has 1 unspecified atom stereocenters. The van der Waals surface area contributed by atoms with Crippen LogP contribution in [0.5, 0.6) is 5.75 Å². The zero-order valence-corrected chi connectivity index (χ0v) is 18.1. The summed E-state index contributed by atoms with van der Waals surface area (Å²) in [7, 11) is 0. The fourth-order valence-electron chi connectivity index (χ4n) is 3.16. The molecule has 0 aliphatic carbocycles. The monoisotopic (exact) mass is 451 g/mol. The summed E-state index contributed by atoms with van der Waals surface area (Å²) in [5.41, 5.74) is 1.99. The van der Waals surface area contributed by atoms with Crippen LogP contribution in [0, 0.1) is 12.7 Å². The van der Waals surface area contributed by atoms with E-state index < -0.39 is 23.3 Å². The normalized spacial score (nSPS) is 11.9. The number of fused-ring (bicyclic) bond motifs is 1. The molecule has 0 aliphatic rings. The van der Waals surface area contributed by atoms with E-state index in [1.165, 1.54) is 37.3 Å². The maximum absolute atomic E-state index is 13.3. The topological polar surface area (TPSA) is 68.5 Å². The van der Waals surface area contributed by atoms with Gasteiger partial charge < -0.3 is 14.5 Å². The van der Waals surface area contributed by atoms with E-state index in [1.54, 1.807) is 12.1 Å². The predicted octanol–water partition coefficient (Wildman–Crippen LogP) is 5.97. The number of amides is 1. The summed E-state index contributed by atoms with van der Waals surface area (Å²) in [4.78, 5) is 25.9. The van der Waals surface area contributed by atoms with Gasteiger partial charge in [-0.2, -0.15) is 0 Å². The number of anilines is 1. The van der Waals surface area contributed by atoms with Crippen LogP contribution in [-0.2, 0) is 4.79 Å². The molecule has 0 saturated carbocycles. The Morgan fingerprint density at radius 3 is 2.44 bits per heavy atom. The van der Waals surface area contributed by atoms with Crippen LogP contribution in [0.4, 0.5) is 10.1 Å². The lowest BCUT2D eigenvalue weighted by Crippen LogP contribution is -2.31. The number of aryl methyl sites for hydroxylation is 1. The number of hydrogen-bond acceptors (Lipinski definition) is 4. The highest BCUT2D eigenvalue weighted by molar-refractivity contribution is 6.31. The lowest BCUT2D eigenvalue weighted by Gasteiger charge is -2.17. The van der Waals surface area contributed by atoms with Gasteiger partial charge in [0.1, 0.15) is 11.4 Å². The first-order valence-electron chi connectivity index (χ1n) is 9.88. The molecule has 1 heterocycles. The molecular weight excluding hydrogens is 433 g/mol. The Morgan fingerprint density at radius 1 is 1.06 bits per heavy atom. The van der Waals surface area contributed by atoms with Gasteiger partial charge in [-0.15, -0.1) is 0 Å². The quantitative estimate of drug-likeness (QED) is 0.406. The van der Waals surface area contributed by atoms with Crippen molar-refractivity contribution >= 4 is 34.2 Å². The number of carbonyl (C=O) groups excluding carboxylic acids is 1. The van der Waals surface area contributed by atoms with Gasteiger partial charge in [0, 0.05) is 16.3 Å². The first-order chi connectivity index (χ1) is 15.3. The lowest BCUT2D eigenvalue weighted by atomic mass is 10.1. The second kappa shape index (κ2) is 8.85. The van der Waals surface area contributed by atoms with Crippen molar-refractivity contribution in [3.05, 3.63) is 93.4 Å². The minimum Gasteiger partial charge on any atom is -0.473 e. The molecule has 0 saturated heterocycles. The van der Waals surface area contributed by atoms with Crippen LogP contribution in [-0.4, -0.2) is 12.0 Å². The van der Waals surface area contributed by atoms with Gasteiger partial charge in [-0.3, -0.25) is 9.59 Å². The third kappa shape index (κ3) is 4.50. The minimum atomic E-state index is -1.04. The zero-order valence-electron chi connectivity index (χ0n) is 17.3. The van der Waals surface area contributed by atoms with Crippen molar-refractivity contribution in [2.45, 2.75) is 20.0 Å². The predicted molar refractivity (Wildman–Crippen MR) is 123 cm³/mol. The smallest absolute Gasteiger partial charge is 0.265 e. The van der Waals surface area contributed by atoms with Crippen molar-refractivity contribution in [1.82, 2.24) is 0 Å². The second-order valence-corrected chi connectivity index (χ2v) is 7.79. The summed E-state index contributed by atoms with van der Waals surface area (Å²) in [6.07, 6.45) is -1.04. The molecule has 0 radical (unpaired) electrons. The Morgan fingerprint density at radius 2 is 1.75 bits per heavy atom. The SMILES string of the molecule is Cc1ccc(-c2oc3ccc(Cl)cc3c(=O)c2OC(C)C(=O)Nc2ccc(F)cc2)cc1. The summed E-state index contributed by atoms with van der Waals surface area (Å²) >= 11 is 6.06. The Labute approximate surface area is 188 Å². The number of rotatable bonds is 5. The molecule has 0 aliphatic heterocycles. The van der Waals surface area contributed by atoms with Crippen molar-refractivity contribution < 1.29 is 18.3 Å². The van der Waals surface area contributed by atoms with Gasteiger partial charge in [0.25, 0.3) is 5.91 Å². The fraction of sp³-hybridized carbons (Fsp3) is 0.120. The molecule has 32 heavy (non-hydrogen) atoms. The molecule has 7 heteroatoms. The fourth-order valence-corrected chi connectivity index (χ4v) is 3.33. The number of hydrogen-bond donors (Lipinski definition) is 1. The Hall–Kier alpha value is -3.64. The molecular formula is C25H19ClFNO4. The summed E-state index contributed by atoms with van der Waals surface area (Å²) in [6, 6.07) is 17.5. The largest absolute Gasteiger partial charge is 0.473 e. The van der Waals surface area contributed by atoms with Crippen LogP contribution in [0.25, 0.3) is 22.3 Å². The van der Waals surface area contributed by atoms with Crippen molar-refractivity contribution in [2.24, 2.45) is 0 Å². The Balaban J connectivity index is 1.73. The van der Waals surface area contributed by atoms with Gasteiger partial charge in [-0.25, -0.2) is 4.39 Å². The van der Waals surface area contributed by atoms with E-state index in [9.17, 15) is 14.0 Å². The summed E-state index contributed by atoms with van der Waals surface area (Å²) in [5, 5.41) is 3.26. The maximum Gasteiger partial charge on any atom is 0.265 e. The van der Waals surface area contributed by atoms with Gasteiger partial charge in [0.15, 0.2) is 11.9 Å². The van der Waals surface area contributed by atoms with Crippen LogP contribution in [0.2, 0.25) is 5.02 Å². The van der Waals surface area contributed by atoms with Crippen molar-refractivity contribution in [1.29, 1.82) is 0 Å². The molecule has 1 aromatic heterocycles. The Kier molecular flexibility index (Phi) is 5.97. The summed E-state index contributed by atoms with van der Waals surface area (Å²) in [6.45, 7) is 3.46. The molecule has 4 rings (SSSR count). The van der Waals surface area contributed by atoms with Crippen LogP contribution in [0.15, 0.2) is 75.9 Å². The molecule has 4 aromatic rings. The van der Waals surface area contributed by atoms with Crippen LogP contribution < -0.4 is 15.5 Å². The average Bonchev–Trinajstić information content (AvgIpc) is 2.78. The molecule has 0 spiro atoms. The van der Waals surface area contributed by atoms with Gasteiger partial charge in [0.05, 0.1) is 5.39 Å². The highest BCUT2D eigenvalue weighted by Crippen LogP contribution is 2.32. The molecule has 1 atom stereocenters. The highest BCUT2D eigenvalue weighted by Gasteiger charge is 2.23. The third-order valence-electron chi connectivity index (χ3n) is 4.90. The number of benzene rings is 3. The average molecular weight is 452 g/mol. The standard InChI is InChI=1S/C25H19ClFNO4/c1-14-3-5-16(6-4-14)23-24(22(29)20-13-17(26)7-12-21(20)32-23)31-15(2)25(30)28-19-10-8-18(27)9-11-19/h3-13,15H,1-2H3,(H,28,30). The van der Waals surface area contributed by atoms with E-state index >= 15 is 0 Å². The molecule has 1 amide bonds. The number of halogens is 2. The summed E-state index contributed by atoms with van der Waals surface area (Å²) in [5.74, 6) is -0.795.